The van der Waals surface area contributed by atoms with Crippen molar-refractivity contribution < 1.29 is 22.8 Å². The van der Waals surface area contributed by atoms with E-state index in [1.807, 2.05) is 0 Å². The molecule has 0 atom stereocenters. The molecule has 22 rings (SSSR count). The van der Waals surface area contributed by atoms with Crippen LogP contribution in [0.2, 0.25) is 0 Å². The number of benzene rings is 10. The van der Waals surface area contributed by atoms with Crippen molar-refractivity contribution in [3.05, 3.63) is 325 Å². The Morgan fingerprint density at radius 2 is 0.390 bits per heavy atom. The second-order valence-corrected chi connectivity index (χ2v) is 48.3. The summed E-state index contributed by atoms with van der Waals surface area (Å²) in [6.45, 7) is 38.9. The summed E-state index contributed by atoms with van der Waals surface area (Å²) in [5.41, 5.74) is 42.3. The molecule has 7 fully saturated rings. The lowest BCUT2D eigenvalue weighted by Crippen LogP contribution is -2.31. The first kappa shape index (κ1) is 105. The highest BCUT2D eigenvalue weighted by atomic mass is 14.9. The fraction of sp³-hybridized carbons (Fsp3) is 0.468. The second kappa shape index (κ2) is 47.0. The van der Waals surface area contributed by atoms with Crippen LogP contribution in [0.25, 0.3) is 110 Å². The lowest BCUT2D eigenvalue weighted by atomic mass is 9.76. The van der Waals surface area contributed by atoms with E-state index in [1.165, 1.54) is 388 Å². The van der Waals surface area contributed by atoms with Crippen LogP contribution in [-0.2, 0) is 35.2 Å². The van der Waals surface area contributed by atoms with E-state index in [1.54, 1.807) is 33.4 Å². The molecule has 762 valence electrons. The van der Waals surface area contributed by atoms with Gasteiger partial charge in [0.25, 0.3) is 0 Å². The highest BCUT2D eigenvalue weighted by Gasteiger charge is 2.34. The Morgan fingerprint density at radius 1 is 0.185 bits per heavy atom. The van der Waals surface area contributed by atoms with Crippen molar-refractivity contribution in [1.29, 1.82) is 0 Å². The summed E-state index contributed by atoms with van der Waals surface area (Å²) in [5, 5.41) is 13.6. The molecule has 146 heavy (non-hydrogen) atoms. The SMILES string of the molecule is Cc1c(-c2c3ccc(C(C)C)cc3cc[n+]2C)cc(C2CCCC2)cc1C1CCCC1.Cc1c(-c2c3ccc(C(C)C)cc3cc[n+]2C)cc(C2CCCCC2)cc1C1CCCCC1.Cc1cc(C2CCCC2)cc(-c2c3ccc(C(C)C)cc3cc[n+]2C)c1C.Cc1cc(C2CCCCC2)cc(-c2c3ccc(C(C)C)cc3cc[n+]2C)c1C.Cc1ccc(C2CCCCC2)cc1-c1c2ccc(C(C)C)cc2cc[n+]1C. The van der Waals surface area contributed by atoms with E-state index in [0.29, 0.717) is 29.6 Å². The Hall–Kier alpha value is -10.8. The largest absolute Gasteiger partial charge is 0.220 e. The monoisotopic (exact) mass is 1940 g/mol. The molecule has 0 aliphatic heterocycles. The van der Waals surface area contributed by atoms with Gasteiger partial charge in [-0.1, -0.05) is 282 Å². The minimum atomic E-state index is 0.556. The molecule has 5 aromatic heterocycles. The Labute approximate surface area is 881 Å². The summed E-state index contributed by atoms with van der Waals surface area (Å²) >= 11 is 0. The molecule has 0 spiro atoms. The summed E-state index contributed by atoms with van der Waals surface area (Å²) < 4.78 is 11.6. The number of aromatic nitrogens is 5. The Kier molecular flexibility index (Phi) is 33.8. The predicted octanol–water partition coefficient (Wildman–Crippen LogP) is 37.6. The number of rotatable bonds is 17. The van der Waals surface area contributed by atoms with Crippen molar-refractivity contribution in [2.75, 3.05) is 0 Å². The molecule has 0 unspecified atom stereocenters. The minimum Gasteiger partial charge on any atom is -0.200 e. The van der Waals surface area contributed by atoms with Crippen molar-refractivity contribution in [2.24, 2.45) is 35.2 Å². The molecule has 0 N–H and O–H groups in total. The maximum absolute atomic E-state index is 2.65. The van der Waals surface area contributed by atoms with Gasteiger partial charge in [-0.3, -0.25) is 0 Å². The molecule has 10 aromatic carbocycles. The van der Waals surface area contributed by atoms with E-state index in [-0.39, 0.29) is 0 Å². The number of fused-ring (bicyclic) bond motifs is 5. The van der Waals surface area contributed by atoms with E-state index in [2.05, 4.69) is 395 Å². The van der Waals surface area contributed by atoms with Gasteiger partial charge in [-0.2, -0.15) is 0 Å². The Morgan fingerprint density at radius 3 is 0.637 bits per heavy atom. The summed E-state index contributed by atoms with van der Waals surface area (Å²) in [5.74, 6) is 8.01. The van der Waals surface area contributed by atoms with Crippen LogP contribution in [0.5, 0.6) is 0 Å². The summed E-state index contributed by atoms with van der Waals surface area (Å²) in [7, 11) is 11.0. The van der Waals surface area contributed by atoms with Gasteiger partial charge in [0, 0.05) is 35.9 Å². The maximum atomic E-state index is 2.65. The third kappa shape index (κ3) is 23.2. The van der Waals surface area contributed by atoms with Crippen molar-refractivity contribution in [2.45, 2.75) is 394 Å². The zero-order valence-corrected chi connectivity index (χ0v) is 94.1. The molecule has 0 saturated heterocycles. The van der Waals surface area contributed by atoms with Crippen LogP contribution < -0.4 is 22.8 Å². The van der Waals surface area contributed by atoms with E-state index in [4.69, 9.17) is 0 Å². The van der Waals surface area contributed by atoms with Crippen molar-refractivity contribution in [3.8, 4) is 56.3 Å². The van der Waals surface area contributed by atoms with Crippen LogP contribution in [-0.4, -0.2) is 0 Å². The highest BCUT2D eigenvalue weighted by molar-refractivity contribution is 5.99. The molecule has 0 amide bonds. The first-order valence-corrected chi connectivity index (χ1v) is 58.3. The quantitative estimate of drug-likeness (QED) is 0.0810. The lowest BCUT2D eigenvalue weighted by molar-refractivity contribution is -0.659. The molecule has 5 heteroatoms. The average Bonchev–Trinajstić information content (AvgIpc) is 1.03. The van der Waals surface area contributed by atoms with Gasteiger partial charge in [0.15, 0.2) is 31.0 Å². The molecule has 5 nitrogen and oxygen atoms in total. The van der Waals surface area contributed by atoms with Gasteiger partial charge in [0.05, 0.1) is 49.2 Å². The minimum absolute atomic E-state index is 0.556. The molecular formula is C141H178N5+5. The van der Waals surface area contributed by atoms with Crippen LogP contribution in [0.1, 0.15) is 451 Å². The molecule has 7 saturated carbocycles. The Bertz CT molecular complexity index is 7160. The lowest BCUT2D eigenvalue weighted by Gasteiger charge is -2.28. The topological polar surface area (TPSA) is 19.4 Å². The van der Waals surface area contributed by atoms with Crippen molar-refractivity contribution >= 4 is 53.9 Å². The normalized spacial score (nSPS) is 16.6. The third-order valence-electron chi connectivity index (χ3n) is 36.7. The summed E-state index contributed by atoms with van der Waals surface area (Å²) in [6.07, 6.45) is 55.3. The number of nitrogens with zero attached hydrogens (tertiary/aromatic N) is 5. The van der Waals surface area contributed by atoms with Crippen molar-refractivity contribution in [1.82, 2.24) is 0 Å². The van der Waals surface area contributed by atoms with Gasteiger partial charge < -0.3 is 0 Å². The molecular weight excluding hydrogens is 1760 g/mol. The predicted molar refractivity (Wildman–Crippen MR) is 623 cm³/mol. The van der Waals surface area contributed by atoms with Crippen molar-refractivity contribution in [3.63, 3.8) is 0 Å². The van der Waals surface area contributed by atoms with Crippen LogP contribution in [0.15, 0.2) is 219 Å². The zero-order chi connectivity index (χ0) is 102. The first-order chi connectivity index (χ1) is 70.5. The van der Waals surface area contributed by atoms with E-state index < -0.39 is 0 Å². The van der Waals surface area contributed by atoms with Crippen LogP contribution >= 0.6 is 0 Å². The standard InChI is InChI=1S/C32H42N.C30H38N.C27H34N.2C26H32N/c1-22(2)26-15-16-29-27(19-26)17-18-33(4)32(29)31-21-28(24-11-7-5-8-12-24)20-30(23(31)3)25-13-9-6-10-14-25;1-20(2)24-13-14-27-25(17-24)15-16-31(4)30(27)29-19-26(22-9-5-6-10-22)18-28(21(29)3)23-11-7-8-12-23;1-18(2)22-11-12-25-23(16-22)13-14-28(5)27(25)26-17-24(15-19(3)20(26)4)21-9-7-6-8-10-21;1-17(2)21-10-11-24-22(15-21)12-13-27(5)26(24)25-16-23(14-18(3)19(25)4)20-8-6-7-9-20;1-18(2)21-12-13-24-23(16-21)14-15-27(4)26(24)25-17-22(11-10-19(25)3)20-8-6-5-7-9-20/h15-22,24-25H,5-14H2,1-4H3;13-20,22-23H,5-12H2,1-4H3;11-18,21H,6-10H2,1-5H3;10-17,20H,6-9H2,1-5H3;10-18,20H,5-9H2,1-4H3/q5*+1. The maximum Gasteiger partial charge on any atom is 0.220 e. The van der Waals surface area contributed by atoms with Gasteiger partial charge in [-0.15, -0.1) is 0 Å². The molecule has 0 bridgehead atoms. The van der Waals surface area contributed by atoms with Gasteiger partial charge in [-0.05, 0) is 403 Å². The highest BCUT2D eigenvalue weighted by Crippen LogP contribution is 2.50. The second-order valence-electron chi connectivity index (χ2n) is 48.3. The van der Waals surface area contributed by atoms with Crippen LogP contribution in [0, 0.1) is 48.5 Å². The molecule has 0 radical (unpaired) electrons. The Balaban J connectivity index is 0.000000120. The van der Waals surface area contributed by atoms with Gasteiger partial charge in [-0.25, -0.2) is 22.8 Å². The third-order valence-corrected chi connectivity index (χ3v) is 36.7. The van der Waals surface area contributed by atoms with E-state index >= 15 is 0 Å². The molecule has 5 heterocycles. The van der Waals surface area contributed by atoms with Gasteiger partial charge in [0.2, 0.25) is 28.5 Å². The first-order valence-electron chi connectivity index (χ1n) is 58.3. The fourth-order valence-corrected chi connectivity index (χ4v) is 27.1. The number of aryl methyl sites for hydroxylation is 8. The van der Waals surface area contributed by atoms with E-state index in [9.17, 15) is 0 Å². The molecule has 15 aromatic rings. The molecule has 7 aliphatic carbocycles. The van der Waals surface area contributed by atoms with Crippen LogP contribution in [0.4, 0.5) is 0 Å². The number of hydrogen-bond donors (Lipinski definition) is 0. The number of pyridine rings is 5. The van der Waals surface area contributed by atoms with E-state index in [0.717, 1.165) is 41.4 Å². The summed E-state index contributed by atoms with van der Waals surface area (Å²) in [4.78, 5) is 0. The van der Waals surface area contributed by atoms with Gasteiger partial charge >= 0.3 is 0 Å². The number of hydrogen-bond acceptors (Lipinski definition) is 0. The average molecular weight is 1940 g/mol. The molecule has 7 aliphatic rings. The van der Waals surface area contributed by atoms with Gasteiger partial charge in [0.1, 0.15) is 35.2 Å². The summed E-state index contributed by atoms with van der Waals surface area (Å²) in [6, 6.07) is 74.1. The zero-order valence-electron chi connectivity index (χ0n) is 94.1. The van der Waals surface area contributed by atoms with Crippen LogP contribution in [0.3, 0.4) is 0 Å². The smallest absolute Gasteiger partial charge is 0.200 e. The fourth-order valence-electron chi connectivity index (χ4n) is 27.1.